The van der Waals surface area contributed by atoms with Crippen molar-refractivity contribution in [2.24, 2.45) is 0 Å². The fourth-order valence-corrected chi connectivity index (χ4v) is 4.36. The molecule has 124 valence electrons. The van der Waals surface area contributed by atoms with Crippen LogP contribution in [-0.2, 0) is 16.4 Å². The highest BCUT2D eigenvalue weighted by Crippen LogP contribution is 2.30. The molecule has 1 aliphatic rings. The van der Waals surface area contributed by atoms with Crippen LogP contribution < -0.4 is 5.32 Å². The number of carbonyl (C=O) groups is 1. The standard InChI is InChI=1S/C20H15NO3S/c22-20-18-8-4-7-17(19(18)13-21-20)14-9-11-16(12-10-14)25(23,24)15-5-2-1-3-6-15/h1-12H,13H2,(H,21,22). The van der Waals surface area contributed by atoms with Crippen LogP contribution in [0.3, 0.4) is 0 Å². The van der Waals surface area contributed by atoms with Gasteiger partial charge in [0.2, 0.25) is 9.84 Å². The van der Waals surface area contributed by atoms with E-state index in [-0.39, 0.29) is 15.7 Å². The summed E-state index contributed by atoms with van der Waals surface area (Å²) in [6.07, 6.45) is 0. The number of amides is 1. The Morgan fingerprint density at radius 1 is 0.720 bits per heavy atom. The lowest BCUT2D eigenvalue weighted by molar-refractivity contribution is 0.0965. The van der Waals surface area contributed by atoms with E-state index in [1.54, 1.807) is 60.7 Å². The Morgan fingerprint density at radius 2 is 1.36 bits per heavy atom. The summed E-state index contributed by atoms with van der Waals surface area (Å²) >= 11 is 0. The lowest BCUT2D eigenvalue weighted by atomic mass is 9.97. The number of fused-ring (bicyclic) bond motifs is 1. The van der Waals surface area contributed by atoms with Crippen LogP contribution in [-0.4, -0.2) is 14.3 Å². The number of hydrogen-bond donors (Lipinski definition) is 1. The lowest BCUT2D eigenvalue weighted by Gasteiger charge is -2.09. The molecule has 1 N–H and O–H groups in total. The van der Waals surface area contributed by atoms with E-state index >= 15 is 0 Å². The van der Waals surface area contributed by atoms with Crippen LogP contribution in [0.25, 0.3) is 11.1 Å². The molecule has 0 bridgehead atoms. The largest absolute Gasteiger partial charge is 0.348 e. The molecule has 25 heavy (non-hydrogen) atoms. The molecule has 0 unspecified atom stereocenters. The van der Waals surface area contributed by atoms with Crippen LogP contribution in [0.1, 0.15) is 15.9 Å². The van der Waals surface area contributed by atoms with Crippen LogP contribution in [0.5, 0.6) is 0 Å². The van der Waals surface area contributed by atoms with Gasteiger partial charge in [0.15, 0.2) is 0 Å². The zero-order chi connectivity index (χ0) is 17.4. The van der Waals surface area contributed by atoms with E-state index in [9.17, 15) is 13.2 Å². The molecule has 3 aromatic carbocycles. The van der Waals surface area contributed by atoms with Crippen LogP contribution in [0.4, 0.5) is 0 Å². The molecule has 0 spiro atoms. The van der Waals surface area contributed by atoms with Crippen molar-refractivity contribution < 1.29 is 13.2 Å². The molecule has 5 heteroatoms. The molecule has 4 nitrogen and oxygen atoms in total. The molecule has 0 atom stereocenters. The second-order valence-corrected chi connectivity index (χ2v) is 7.80. The summed E-state index contributed by atoms with van der Waals surface area (Å²) in [5.41, 5.74) is 3.46. The van der Waals surface area contributed by atoms with E-state index in [1.165, 1.54) is 0 Å². The van der Waals surface area contributed by atoms with Gasteiger partial charge in [-0.25, -0.2) is 8.42 Å². The van der Waals surface area contributed by atoms with Crippen molar-refractivity contribution in [3.05, 3.63) is 83.9 Å². The summed E-state index contributed by atoms with van der Waals surface area (Å²) in [5, 5.41) is 2.82. The third-order valence-electron chi connectivity index (χ3n) is 4.38. The van der Waals surface area contributed by atoms with E-state index in [0.29, 0.717) is 12.1 Å². The highest BCUT2D eigenvalue weighted by Gasteiger charge is 2.22. The summed E-state index contributed by atoms with van der Waals surface area (Å²) in [6, 6.07) is 20.8. The Kier molecular flexibility index (Phi) is 3.66. The van der Waals surface area contributed by atoms with E-state index in [1.807, 2.05) is 12.1 Å². The molecule has 0 saturated carbocycles. The number of sulfone groups is 1. The highest BCUT2D eigenvalue weighted by atomic mass is 32.2. The quantitative estimate of drug-likeness (QED) is 0.788. The second-order valence-electron chi connectivity index (χ2n) is 5.86. The van der Waals surface area contributed by atoms with Crippen LogP contribution in [0.2, 0.25) is 0 Å². The second kappa shape index (κ2) is 5.86. The Labute approximate surface area is 146 Å². The molecule has 1 aliphatic heterocycles. The van der Waals surface area contributed by atoms with E-state index in [4.69, 9.17) is 0 Å². The normalized spacial score (nSPS) is 13.4. The summed E-state index contributed by atoms with van der Waals surface area (Å²) in [5.74, 6) is -0.0693. The molecule has 0 aromatic heterocycles. The first-order valence-electron chi connectivity index (χ1n) is 7.88. The van der Waals surface area contributed by atoms with E-state index in [2.05, 4.69) is 5.32 Å². The topological polar surface area (TPSA) is 63.2 Å². The smallest absolute Gasteiger partial charge is 0.251 e. The molecule has 3 aromatic rings. The zero-order valence-corrected chi connectivity index (χ0v) is 14.1. The number of nitrogens with one attached hydrogen (secondary N) is 1. The van der Waals surface area contributed by atoms with Gasteiger partial charge in [-0.3, -0.25) is 4.79 Å². The molecule has 0 saturated heterocycles. The third kappa shape index (κ3) is 2.62. The molecular formula is C20H15NO3S. The SMILES string of the molecule is O=C1NCc2c1cccc2-c1ccc(S(=O)(=O)c2ccccc2)cc1. The van der Waals surface area contributed by atoms with Gasteiger partial charge < -0.3 is 5.32 Å². The number of hydrogen-bond acceptors (Lipinski definition) is 3. The van der Waals surface area contributed by atoms with Gasteiger partial charge in [-0.15, -0.1) is 0 Å². The van der Waals surface area contributed by atoms with Gasteiger partial charge in [-0.1, -0.05) is 42.5 Å². The van der Waals surface area contributed by atoms with Crippen molar-refractivity contribution in [1.29, 1.82) is 0 Å². The van der Waals surface area contributed by atoms with Gasteiger partial charge in [0.05, 0.1) is 9.79 Å². The van der Waals surface area contributed by atoms with Crippen molar-refractivity contribution >= 4 is 15.7 Å². The predicted octanol–water partition coefficient (Wildman–Crippen LogP) is 3.43. The van der Waals surface area contributed by atoms with Gasteiger partial charge >= 0.3 is 0 Å². The Bertz CT molecular complexity index is 1060. The van der Waals surface area contributed by atoms with Crippen LogP contribution in [0.15, 0.2) is 82.6 Å². The molecular weight excluding hydrogens is 334 g/mol. The first-order valence-corrected chi connectivity index (χ1v) is 9.36. The maximum Gasteiger partial charge on any atom is 0.251 e. The van der Waals surface area contributed by atoms with Crippen molar-refractivity contribution in [1.82, 2.24) is 5.32 Å². The maximum absolute atomic E-state index is 12.7. The van der Waals surface area contributed by atoms with Crippen molar-refractivity contribution in [2.45, 2.75) is 16.3 Å². The molecule has 0 radical (unpaired) electrons. The zero-order valence-electron chi connectivity index (χ0n) is 13.3. The monoisotopic (exact) mass is 349 g/mol. The first kappa shape index (κ1) is 15.6. The van der Waals surface area contributed by atoms with Crippen molar-refractivity contribution in [2.75, 3.05) is 0 Å². The molecule has 1 heterocycles. The summed E-state index contributed by atoms with van der Waals surface area (Å²) in [4.78, 5) is 12.3. The molecule has 0 fully saturated rings. The Hall–Kier alpha value is -2.92. The predicted molar refractivity (Wildman–Crippen MR) is 94.9 cm³/mol. The first-order chi connectivity index (χ1) is 12.1. The molecule has 4 rings (SSSR count). The maximum atomic E-state index is 12.7. The van der Waals surface area contributed by atoms with E-state index in [0.717, 1.165) is 16.7 Å². The van der Waals surface area contributed by atoms with Crippen molar-refractivity contribution in [3.63, 3.8) is 0 Å². The van der Waals surface area contributed by atoms with Gasteiger partial charge in [0.25, 0.3) is 5.91 Å². The van der Waals surface area contributed by atoms with Gasteiger partial charge in [0, 0.05) is 12.1 Å². The summed E-state index contributed by atoms with van der Waals surface area (Å²) < 4.78 is 25.3. The van der Waals surface area contributed by atoms with Crippen LogP contribution in [0, 0.1) is 0 Å². The number of carbonyl (C=O) groups excluding carboxylic acids is 1. The van der Waals surface area contributed by atoms with Gasteiger partial charge in [0.1, 0.15) is 0 Å². The molecule has 0 aliphatic carbocycles. The highest BCUT2D eigenvalue weighted by molar-refractivity contribution is 7.91. The summed E-state index contributed by atoms with van der Waals surface area (Å²) in [6.45, 7) is 0.494. The number of rotatable bonds is 3. The van der Waals surface area contributed by atoms with Crippen LogP contribution >= 0.6 is 0 Å². The Morgan fingerprint density at radius 3 is 2.08 bits per heavy atom. The lowest BCUT2D eigenvalue weighted by Crippen LogP contribution is -2.12. The Balaban J connectivity index is 1.74. The van der Waals surface area contributed by atoms with Gasteiger partial charge in [-0.05, 0) is 47.0 Å². The minimum absolute atomic E-state index is 0.0693. The third-order valence-corrected chi connectivity index (χ3v) is 6.16. The molecule has 1 amide bonds. The average Bonchev–Trinajstić information content (AvgIpc) is 3.04. The van der Waals surface area contributed by atoms with Gasteiger partial charge in [-0.2, -0.15) is 0 Å². The number of benzene rings is 3. The minimum Gasteiger partial charge on any atom is -0.348 e. The summed E-state index contributed by atoms with van der Waals surface area (Å²) in [7, 11) is -3.52. The van der Waals surface area contributed by atoms with E-state index < -0.39 is 9.84 Å². The van der Waals surface area contributed by atoms with Crippen molar-refractivity contribution in [3.8, 4) is 11.1 Å². The minimum atomic E-state index is -3.52. The average molecular weight is 349 g/mol. The fourth-order valence-electron chi connectivity index (χ4n) is 3.07. The fraction of sp³-hybridized carbons (Fsp3) is 0.0500.